The second-order valence-electron chi connectivity index (χ2n) is 5.55. The van der Waals surface area contributed by atoms with Crippen molar-refractivity contribution < 1.29 is 13.5 Å². The Balaban J connectivity index is 1.99. The Hall–Kier alpha value is -1.11. The first-order chi connectivity index (χ1) is 9.36. The molecule has 1 aromatic rings. The van der Waals surface area contributed by atoms with E-state index in [1.54, 1.807) is 12.1 Å². The summed E-state index contributed by atoms with van der Waals surface area (Å²) >= 11 is 0. The van der Waals surface area contributed by atoms with Crippen LogP contribution in [0.4, 0.5) is 5.69 Å². The van der Waals surface area contributed by atoms with Crippen LogP contribution in [0.2, 0.25) is 0 Å². The molecule has 0 amide bonds. The molecule has 2 atom stereocenters. The lowest BCUT2D eigenvalue weighted by molar-refractivity contribution is 0.123. The van der Waals surface area contributed by atoms with Crippen LogP contribution in [0.3, 0.4) is 0 Å². The number of nitrogens with zero attached hydrogens (tertiary/aromatic N) is 1. The second kappa shape index (κ2) is 6.11. The standard InChI is InChI=1S/C14H22N2O3S/c1-20(18,19)16-7-3-4-11(10-16)8-14(17)12-5-2-6-13(15)9-12/h2,5-6,9,11,14,17H,3-4,7-8,10,15H2,1H3. The van der Waals surface area contributed by atoms with Crippen molar-refractivity contribution in [1.82, 2.24) is 4.31 Å². The molecule has 2 rings (SSSR count). The van der Waals surface area contributed by atoms with Crippen molar-refractivity contribution in [2.45, 2.75) is 25.4 Å². The van der Waals surface area contributed by atoms with Crippen molar-refractivity contribution in [3.05, 3.63) is 29.8 Å². The van der Waals surface area contributed by atoms with Crippen molar-refractivity contribution >= 4 is 15.7 Å². The van der Waals surface area contributed by atoms with Crippen LogP contribution in [0.1, 0.15) is 30.9 Å². The molecule has 5 nitrogen and oxygen atoms in total. The second-order valence-corrected chi connectivity index (χ2v) is 7.53. The molecule has 0 aliphatic carbocycles. The van der Waals surface area contributed by atoms with Gasteiger partial charge in [-0.15, -0.1) is 0 Å². The molecule has 3 N–H and O–H groups in total. The van der Waals surface area contributed by atoms with Gasteiger partial charge in [-0.1, -0.05) is 12.1 Å². The van der Waals surface area contributed by atoms with E-state index < -0.39 is 16.1 Å². The van der Waals surface area contributed by atoms with E-state index in [1.165, 1.54) is 10.6 Å². The zero-order chi connectivity index (χ0) is 14.8. The van der Waals surface area contributed by atoms with E-state index in [2.05, 4.69) is 0 Å². The molecule has 0 saturated carbocycles. The van der Waals surface area contributed by atoms with E-state index in [9.17, 15) is 13.5 Å². The number of piperidine rings is 1. The maximum Gasteiger partial charge on any atom is 0.211 e. The largest absolute Gasteiger partial charge is 0.399 e. The number of aliphatic hydroxyl groups excluding tert-OH is 1. The highest BCUT2D eigenvalue weighted by molar-refractivity contribution is 7.88. The van der Waals surface area contributed by atoms with E-state index in [-0.39, 0.29) is 5.92 Å². The molecule has 0 spiro atoms. The van der Waals surface area contributed by atoms with Gasteiger partial charge in [0.15, 0.2) is 0 Å². The molecule has 1 aliphatic heterocycles. The third-order valence-corrected chi connectivity index (χ3v) is 5.07. The molecule has 1 heterocycles. The fourth-order valence-electron chi connectivity index (χ4n) is 2.74. The first kappa shape index (κ1) is 15.3. The molecule has 1 fully saturated rings. The summed E-state index contributed by atoms with van der Waals surface area (Å²) < 4.78 is 24.7. The van der Waals surface area contributed by atoms with Crippen LogP contribution in [-0.2, 0) is 10.0 Å². The van der Waals surface area contributed by atoms with E-state index in [4.69, 9.17) is 5.73 Å². The number of aliphatic hydroxyl groups is 1. The third kappa shape index (κ3) is 3.94. The number of hydrogen-bond acceptors (Lipinski definition) is 4. The summed E-state index contributed by atoms with van der Waals surface area (Å²) in [5, 5.41) is 10.3. The zero-order valence-electron chi connectivity index (χ0n) is 11.7. The van der Waals surface area contributed by atoms with Crippen molar-refractivity contribution in [3.8, 4) is 0 Å². The first-order valence-electron chi connectivity index (χ1n) is 6.85. The van der Waals surface area contributed by atoms with Gasteiger partial charge >= 0.3 is 0 Å². The molecule has 1 aliphatic rings. The topological polar surface area (TPSA) is 83.6 Å². The lowest BCUT2D eigenvalue weighted by atomic mass is 9.91. The Morgan fingerprint density at radius 3 is 2.90 bits per heavy atom. The zero-order valence-corrected chi connectivity index (χ0v) is 12.5. The van der Waals surface area contributed by atoms with Gasteiger partial charge in [0.05, 0.1) is 12.4 Å². The summed E-state index contributed by atoms with van der Waals surface area (Å²) in [7, 11) is -3.13. The molecule has 20 heavy (non-hydrogen) atoms. The minimum Gasteiger partial charge on any atom is -0.399 e. The molecular weight excluding hydrogens is 276 g/mol. The van der Waals surface area contributed by atoms with Crippen LogP contribution in [0.15, 0.2) is 24.3 Å². The van der Waals surface area contributed by atoms with Crippen LogP contribution in [-0.4, -0.2) is 37.2 Å². The van der Waals surface area contributed by atoms with Gasteiger partial charge in [0.2, 0.25) is 10.0 Å². The van der Waals surface area contributed by atoms with Crippen molar-refractivity contribution in [2.24, 2.45) is 5.92 Å². The van der Waals surface area contributed by atoms with Gasteiger partial charge in [-0.05, 0) is 42.9 Å². The van der Waals surface area contributed by atoms with Gasteiger partial charge < -0.3 is 10.8 Å². The molecule has 1 aromatic carbocycles. The normalized spacial score (nSPS) is 22.6. The van der Waals surface area contributed by atoms with Crippen LogP contribution in [0.25, 0.3) is 0 Å². The number of nitrogen functional groups attached to an aromatic ring is 1. The number of hydrogen-bond donors (Lipinski definition) is 2. The van der Waals surface area contributed by atoms with Gasteiger partial charge in [-0.2, -0.15) is 0 Å². The Labute approximate surface area is 120 Å². The maximum atomic E-state index is 11.6. The van der Waals surface area contributed by atoms with Crippen LogP contribution >= 0.6 is 0 Å². The quantitative estimate of drug-likeness (QED) is 0.822. The van der Waals surface area contributed by atoms with E-state index in [0.29, 0.717) is 25.2 Å². The molecule has 0 aromatic heterocycles. The summed E-state index contributed by atoms with van der Waals surface area (Å²) in [5.41, 5.74) is 7.13. The highest BCUT2D eigenvalue weighted by Crippen LogP contribution is 2.28. The van der Waals surface area contributed by atoms with Crippen LogP contribution in [0, 0.1) is 5.92 Å². The molecular formula is C14H22N2O3S. The molecule has 6 heteroatoms. The monoisotopic (exact) mass is 298 g/mol. The number of sulfonamides is 1. The Bertz CT molecular complexity index is 559. The minimum atomic E-state index is -3.13. The summed E-state index contributed by atoms with van der Waals surface area (Å²) in [6, 6.07) is 7.21. The van der Waals surface area contributed by atoms with Crippen LogP contribution in [0.5, 0.6) is 0 Å². The predicted molar refractivity (Wildman–Crippen MR) is 79.6 cm³/mol. The van der Waals surface area contributed by atoms with Crippen molar-refractivity contribution in [3.63, 3.8) is 0 Å². The number of rotatable bonds is 4. The molecule has 2 unspecified atom stereocenters. The number of nitrogens with two attached hydrogens (primary N) is 1. The third-order valence-electron chi connectivity index (χ3n) is 3.80. The average Bonchev–Trinajstić information content (AvgIpc) is 2.38. The van der Waals surface area contributed by atoms with Gasteiger partial charge in [-0.3, -0.25) is 0 Å². The van der Waals surface area contributed by atoms with Crippen molar-refractivity contribution in [1.29, 1.82) is 0 Å². The van der Waals surface area contributed by atoms with Gasteiger partial charge in [0.25, 0.3) is 0 Å². The molecule has 0 bridgehead atoms. The average molecular weight is 298 g/mol. The predicted octanol–water partition coefficient (Wildman–Crippen LogP) is 1.36. The van der Waals surface area contributed by atoms with Crippen molar-refractivity contribution in [2.75, 3.05) is 25.1 Å². The summed E-state index contributed by atoms with van der Waals surface area (Å²) in [6.45, 7) is 1.09. The fourth-order valence-corrected chi connectivity index (χ4v) is 3.68. The molecule has 1 saturated heterocycles. The van der Waals surface area contributed by atoms with E-state index >= 15 is 0 Å². The molecule has 0 radical (unpaired) electrons. The summed E-state index contributed by atoms with van der Waals surface area (Å²) in [6.07, 6.45) is 3.01. The number of anilines is 1. The summed E-state index contributed by atoms with van der Waals surface area (Å²) in [5.74, 6) is 0.190. The lowest BCUT2D eigenvalue weighted by Crippen LogP contribution is -2.39. The summed E-state index contributed by atoms with van der Waals surface area (Å²) in [4.78, 5) is 0. The van der Waals surface area contributed by atoms with Gasteiger partial charge in [0, 0.05) is 18.8 Å². The molecule has 112 valence electrons. The van der Waals surface area contributed by atoms with E-state index in [0.717, 1.165) is 18.4 Å². The first-order valence-corrected chi connectivity index (χ1v) is 8.69. The van der Waals surface area contributed by atoms with Gasteiger partial charge in [0.1, 0.15) is 0 Å². The fraction of sp³-hybridized carbons (Fsp3) is 0.571. The van der Waals surface area contributed by atoms with Gasteiger partial charge in [-0.25, -0.2) is 12.7 Å². The smallest absolute Gasteiger partial charge is 0.211 e. The minimum absolute atomic E-state index is 0.190. The maximum absolute atomic E-state index is 11.6. The highest BCUT2D eigenvalue weighted by Gasteiger charge is 2.27. The Morgan fingerprint density at radius 1 is 1.50 bits per heavy atom. The SMILES string of the molecule is CS(=O)(=O)N1CCCC(CC(O)c2cccc(N)c2)C1. The highest BCUT2D eigenvalue weighted by atomic mass is 32.2. The van der Waals surface area contributed by atoms with Crippen LogP contribution < -0.4 is 5.73 Å². The van der Waals surface area contributed by atoms with E-state index in [1.807, 2.05) is 12.1 Å². The Morgan fingerprint density at radius 2 is 2.25 bits per heavy atom. The lowest BCUT2D eigenvalue weighted by Gasteiger charge is -2.32. The Kier molecular flexibility index (Phi) is 4.67. The number of benzene rings is 1.